The van der Waals surface area contributed by atoms with Gasteiger partial charge in [0, 0.05) is 37.7 Å². The van der Waals surface area contributed by atoms with E-state index < -0.39 is 0 Å². The number of fused-ring (bicyclic) bond motifs is 1. The fraction of sp³-hybridized carbons (Fsp3) is 0.333. The first kappa shape index (κ1) is 18.2. The highest BCUT2D eigenvalue weighted by Gasteiger charge is 2.26. The Morgan fingerprint density at radius 1 is 1.18 bits per heavy atom. The number of nitrogens with zero attached hydrogens (tertiary/aromatic N) is 3. The molecule has 7 heteroatoms. The third-order valence-corrected chi connectivity index (χ3v) is 5.14. The average molecular weight is 377 g/mol. The molecule has 4 rings (SSSR count). The lowest BCUT2D eigenvalue weighted by atomic mass is 9.95. The smallest absolute Gasteiger partial charge is 0.254 e. The van der Waals surface area contributed by atoms with E-state index in [-0.39, 0.29) is 11.8 Å². The molecule has 0 unspecified atom stereocenters. The van der Waals surface area contributed by atoms with Gasteiger partial charge in [-0.3, -0.25) is 9.59 Å². The van der Waals surface area contributed by atoms with Gasteiger partial charge < -0.3 is 15.2 Å². The zero-order valence-electron chi connectivity index (χ0n) is 16.0. The molecular weight excluding hydrogens is 354 g/mol. The van der Waals surface area contributed by atoms with Crippen LogP contribution in [-0.4, -0.2) is 44.8 Å². The third-order valence-electron chi connectivity index (χ3n) is 5.14. The second-order valence-corrected chi connectivity index (χ2v) is 7.32. The van der Waals surface area contributed by atoms with Crippen molar-refractivity contribution in [1.29, 1.82) is 0 Å². The van der Waals surface area contributed by atoms with Crippen molar-refractivity contribution < 1.29 is 9.59 Å². The molecule has 0 saturated carbocycles. The molecule has 2 amide bonds. The van der Waals surface area contributed by atoms with Crippen LogP contribution in [0.25, 0.3) is 11.0 Å². The molecule has 1 aliphatic heterocycles. The minimum atomic E-state index is -0.209. The summed E-state index contributed by atoms with van der Waals surface area (Å²) >= 11 is 0. The number of amides is 2. The van der Waals surface area contributed by atoms with Crippen LogP contribution in [0.4, 0.5) is 5.82 Å². The largest absolute Gasteiger partial charge is 0.342 e. The molecule has 3 aromatic rings. The molecule has 144 valence electrons. The summed E-state index contributed by atoms with van der Waals surface area (Å²) in [7, 11) is 0. The first-order valence-electron chi connectivity index (χ1n) is 9.49. The Balaban J connectivity index is 1.43. The van der Waals surface area contributed by atoms with Crippen LogP contribution in [0.5, 0.6) is 0 Å². The number of imidazole rings is 1. The maximum absolute atomic E-state index is 12.8. The monoisotopic (exact) mass is 377 g/mol. The van der Waals surface area contributed by atoms with Crippen molar-refractivity contribution in [2.24, 2.45) is 0 Å². The van der Waals surface area contributed by atoms with Crippen LogP contribution in [0.2, 0.25) is 0 Å². The van der Waals surface area contributed by atoms with E-state index in [0.29, 0.717) is 30.4 Å². The predicted molar refractivity (Wildman–Crippen MR) is 107 cm³/mol. The summed E-state index contributed by atoms with van der Waals surface area (Å²) in [5.74, 6) is 1.48. The number of nitrogens with one attached hydrogen (secondary N) is 2. The summed E-state index contributed by atoms with van der Waals surface area (Å²) in [6.07, 6.45) is 3.28. The SMILES string of the molecule is CC(=O)Nc1cc(C(=O)N2CCC(c3nc4ccc(C)cc4[nH]3)CC2)ccn1. The highest BCUT2D eigenvalue weighted by Crippen LogP contribution is 2.28. The van der Waals surface area contributed by atoms with Gasteiger partial charge in [-0.1, -0.05) is 6.07 Å². The summed E-state index contributed by atoms with van der Waals surface area (Å²) in [5.41, 5.74) is 3.80. The van der Waals surface area contributed by atoms with Crippen molar-refractivity contribution in [2.45, 2.75) is 32.6 Å². The van der Waals surface area contributed by atoms with E-state index in [0.717, 1.165) is 29.7 Å². The summed E-state index contributed by atoms with van der Waals surface area (Å²) in [6, 6.07) is 9.52. The lowest BCUT2D eigenvalue weighted by molar-refractivity contribution is -0.114. The molecule has 0 atom stereocenters. The Kier molecular flexibility index (Phi) is 4.81. The zero-order chi connectivity index (χ0) is 19.7. The number of pyridine rings is 1. The fourth-order valence-corrected chi connectivity index (χ4v) is 3.69. The summed E-state index contributed by atoms with van der Waals surface area (Å²) in [5, 5.41) is 2.61. The number of benzene rings is 1. The number of H-pyrrole nitrogens is 1. The van der Waals surface area contributed by atoms with E-state index in [2.05, 4.69) is 34.3 Å². The number of rotatable bonds is 3. The van der Waals surface area contributed by atoms with Gasteiger partial charge in [0.25, 0.3) is 5.91 Å². The molecule has 2 N–H and O–H groups in total. The van der Waals surface area contributed by atoms with Crippen molar-refractivity contribution in [2.75, 3.05) is 18.4 Å². The normalized spacial score (nSPS) is 15.0. The third kappa shape index (κ3) is 3.74. The highest BCUT2D eigenvalue weighted by atomic mass is 16.2. The Hall–Kier alpha value is -3.22. The van der Waals surface area contributed by atoms with Crippen LogP contribution in [0.3, 0.4) is 0 Å². The molecule has 28 heavy (non-hydrogen) atoms. The van der Waals surface area contributed by atoms with Gasteiger partial charge in [0.05, 0.1) is 11.0 Å². The lowest BCUT2D eigenvalue weighted by Crippen LogP contribution is -2.38. The van der Waals surface area contributed by atoms with Crippen LogP contribution in [0.15, 0.2) is 36.5 Å². The van der Waals surface area contributed by atoms with Crippen LogP contribution < -0.4 is 5.32 Å². The molecule has 7 nitrogen and oxygen atoms in total. The zero-order valence-corrected chi connectivity index (χ0v) is 16.0. The van der Waals surface area contributed by atoms with Gasteiger partial charge in [0.2, 0.25) is 5.91 Å². The molecule has 3 heterocycles. The second-order valence-electron chi connectivity index (χ2n) is 7.32. The number of aryl methyl sites for hydroxylation is 1. The molecule has 0 aliphatic carbocycles. The standard InChI is InChI=1S/C21H23N5O2/c1-13-3-4-17-18(11-13)25-20(24-17)15-6-9-26(10-7-15)21(28)16-5-8-22-19(12-16)23-14(2)27/h3-5,8,11-12,15H,6-7,9-10H2,1-2H3,(H,24,25)(H,22,23,27). The highest BCUT2D eigenvalue weighted by molar-refractivity contribution is 5.96. The van der Waals surface area contributed by atoms with Gasteiger partial charge in [-0.2, -0.15) is 0 Å². The molecule has 1 aliphatic rings. The van der Waals surface area contributed by atoms with Crippen molar-refractivity contribution in [3.63, 3.8) is 0 Å². The second kappa shape index (κ2) is 7.42. The van der Waals surface area contributed by atoms with Crippen molar-refractivity contribution >= 4 is 28.7 Å². The summed E-state index contributed by atoms with van der Waals surface area (Å²) in [4.78, 5) is 38.1. The molecule has 0 spiro atoms. The number of likely N-dealkylation sites (tertiary alicyclic amines) is 1. The van der Waals surface area contributed by atoms with Gasteiger partial charge in [0.1, 0.15) is 11.6 Å². The molecule has 2 aromatic heterocycles. The summed E-state index contributed by atoms with van der Waals surface area (Å²) < 4.78 is 0. The van der Waals surface area contributed by atoms with E-state index in [1.54, 1.807) is 18.3 Å². The van der Waals surface area contributed by atoms with Gasteiger partial charge >= 0.3 is 0 Å². The van der Waals surface area contributed by atoms with Gasteiger partial charge in [0.15, 0.2) is 0 Å². The minimum absolute atomic E-state index is 0.0346. The molecule has 1 fully saturated rings. The number of anilines is 1. The predicted octanol–water partition coefficient (Wildman–Crippen LogP) is 3.24. The van der Waals surface area contributed by atoms with E-state index in [4.69, 9.17) is 4.98 Å². The number of hydrogen-bond donors (Lipinski definition) is 2. The summed E-state index contributed by atoms with van der Waals surface area (Å²) in [6.45, 7) is 4.84. The van der Waals surface area contributed by atoms with Gasteiger partial charge in [-0.15, -0.1) is 0 Å². The number of carbonyl (C=O) groups excluding carboxylic acids is 2. The topological polar surface area (TPSA) is 91.0 Å². The Morgan fingerprint density at radius 3 is 2.71 bits per heavy atom. The van der Waals surface area contributed by atoms with E-state index in [9.17, 15) is 9.59 Å². The van der Waals surface area contributed by atoms with Crippen molar-refractivity contribution in [3.8, 4) is 0 Å². The Labute approximate surface area is 163 Å². The quantitative estimate of drug-likeness (QED) is 0.733. The van der Waals surface area contributed by atoms with E-state index in [1.807, 2.05) is 11.0 Å². The lowest BCUT2D eigenvalue weighted by Gasteiger charge is -2.31. The number of aromatic nitrogens is 3. The van der Waals surface area contributed by atoms with Crippen LogP contribution in [0, 0.1) is 6.92 Å². The maximum Gasteiger partial charge on any atom is 0.254 e. The van der Waals surface area contributed by atoms with Crippen molar-refractivity contribution in [3.05, 3.63) is 53.5 Å². The van der Waals surface area contributed by atoms with E-state index in [1.165, 1.54) is 12.5 Å². The molecular formula is C21H23N5O2. The Morgan fingerprint density at radius 2 is 1.96 bits per heavy atom. The average Bonchev–Trinajstić information content (AvgIpc) is 3.10. The van der Waals surface area contributed by atoms with E-state index >= 15 is 0 Å². The molecule has 1 saturated heterocycles. The maximum atomic E-state index is 12.8. The number of carbonyl (C=O) groups is 2. The van der Waals surface area contributed by atoms with Gasteiger partial charge in [-0.05, 0) is 49.6 Å². The Bertz CT molecular complexity index is 1030. The molecule has 1 aromatic carbocycles. The van der Waals surface area contributed by atoms with Crippen LogP contribution in [-0.2, 0) is 4.79 Å². The van der Waals surface area contributed by atoms with Gasteiger partial charge in [-0.25, -0.2) is 9.97 Å². The first-order valence-corrected chi connectivity index (χ1v) is 9.49. The fourth-order valence-electron chi connectivity index (χ4n) is 3.69. The minimum Gasteiger partial charge on any atom is -0.342 e. The molecule has 0 radical (unpaired) electrons. The van der Waals surface area contributed by atoms with Crippen molar-refractivity contribution in [1.82, 2.24) is 19.9 Å². The molecule has 0 bridgehead atoms. The van der Waals surface area contributed by atoms with Crippen LogP contribution in [0.1, 0.15) is 47.4 Å². The number of hydrogen-bond acceptors (Lipinski definition) is 4. The van der Waals surface area contributed by atoms with Crippen LogP contribution >= 0.6 is 0 Å². The number of piperidine rings is 1. The first-order chi connectivity index (χ1) is 13.5. The number of aromatic amines is 1.